The molecular weight excluding hydrogens is 356 g/mol. The first-order valence-electron chi connectivity index (χ1n) is 9.55. The molecule has 1 fully saturated rings. The number of anilines is 2. The maximum atomic E-state index is 12.6. The van der Waals surface area contributed by atoms with E-state index in [-0.39, 0.29) is 5.91 Å². The van der Waals surface area contributed by atoms with Gasteiger partial charge in [0.05, 0.1) is 24.5 Å². The normalized spacial score (nSPS) is 14.9. The van der Waals surface area contributed by atoms with E-state index in [1.807, 2.05) is 42.6 Å². The van der Waals surface area contributed by atoms with Crippen LogP contribution in [0.1, 0.15) is 16.8 Å². The number of morpholine rings is 1. The van der Waals surface area contributed by atoms with Gasteiger partial charge in [-0.05, 0) is 37.2 Å². The van der Waals surface area contributed by atoms with E-state index in [4.69, 9.17) is 4.74 Å². The Kier molecular flexibility index (Phi) is 5.79. The van der Waals surface area contributed by atoms with Crippen LogP contribution in [0, 0.1) is 0 Å². The Morgan fingerprint density at radius 2 is 1.93 bits per heavy atom. The lowest BCUT2D eigenvalue weighted by molar-refractivity contribution is 0.0374. The number of hydrogen-bond acceptors (Lipinski definition) is 6. The first kappa shape index (κ1) is 18.4. The lowest BCUT2D eigenvalue weighted by Crippen LogP contribution is -2.38. The van der Waals surface area contributed by atoms with Gasteiger partial charge in [-0.3, -0.25) is 9.69 Å². The molecule has 0 bridgehead atoms. The predicted octanol–water partition coefficient (Wildman–Crippen LogP) is 1.92. The van der Waals surface area contributed by atoms with Crippen LogP contribution >= 0.6 is 0 Å². The SMILES string of the molecule is O=C(NCCCN1CCOCC1)c1ccccc1Nc1nc2ccccn2n1. The molecule has 1 aromatic carbocycles. The fourth-order valence-electron chi connectivity index (χ4n) is 3.22. The van der Waals surface area contributed by atoms with E-state index < -0.39 is 0 Å². The summed E-state index contributed by atoms with van der Waals surface area (Å²) in [7, 11) is 0. The third-order valence-electron chi connectivity index (χ3n) is 4.70. The second-order valence-electron chi connectivity index (χ2n) is 6.67. The van der Waals surface area contributed by atoms with E-state index in [2.05, 4.69) is 25.6 Å². The molecule has 0 unspecified atom stereocenters. The summed E-state index contributed by atoms with van der Waals surface area (Å²) >= 11 is 0. The molecule has 0 atom stereocenters. The number of carbonyl (C=O) groups excluding carboxylic acids is 1. The van der Waals surface area contributed by atoms with Crippen LogP contribution in [0.4, 0.5) is 11.6 Å². The zero-order valence-corrected chi connectivity index (χ0v) is 15.7. The van der Waals surface area contributed by atoms with Gasteiger partial charge in [-0.15, -0.1) is 5.10 Å². The summed E-state index contributed by atoms with van der Waals surface area (Å²) in [5.41, 5.74) is 2.01. The Bertz CT molecular complexity index is 902. The summed E-state index contributed by atoms with van der Waals surface area (Å²) in [5, 5.41) is 10.6. The summed E-state index contributed by atoms with van der Waals surface area (Å²) in [6.07, 6.45) is 2.75. The van der Waals surface area contributed by atoms with Crippen molar-refractivity contribution in [2.24, 2.45) is 0 Å². The highest BCUT2D eigenvalue weighted by Gasteiger charge is 2.13. The molecule has 4 rings (SSSR count). The number of nitrogens with zero attached hydrogens (tertiary/aromatic N) is 4. The zero-order valence-electron chi connectivity index (χ0n) is 15.7. The van der Waals surface area contributed by atoms with Gasteiger partial charge >= 0.3 is 0 Å². The number of para-hydroxylation sites is 1. The van der Waals surface area contributed by atoms with E-state index in [0.717, 1.165) is 44.9 Å². The zero-order chi connectivity index (χ0) is 19.2. The van der Waals surface area contributed by atoms with Gasteiger partial charge in [0.25, 0.3) is 5.91 Å². The second-order valence-corrected chi connectivity index (χ2v) is 6.67. The van der Waals surface area contributed by atoms with Crippen LogP contribution in [0.2, 0.25) is 0 Å². The van der Waals surface area contributed by atoms with Crippen molar-refractivity contribution in [1.29, 1.82) is 0 Å². The van der Waals surface area contributed by atoms with Gasteiger partial charge in [0.1, 0.15) is 0 Å². The van der Waals surface area contributed by atoms with Crippen LogP contribution in [0.5, 0.6) is 0 Å². The number of pyridine rings is 1. The molecule has 3 heterocycles. The van der Waals surface area contributed by atoms with E-state index in [1.165, 1.54) is 0 Å². The number of carbonyl (C=O) groups is 1. The van der Waals surface area contributed by atoms with Gasteiger partial charge in [0.2, 0.25) is 5.95 Å². The Morgan fingerprint density at radius 3 is 2.79 bits per heavy atom. The van der Waals surface area contributed by atoms with Crippen molar-refractivity contribution in [2.45, 2.75) is 6.42 Å². The molecule has 3 aromatic rings. The molecule has 2 aromatic heterocycles. The molecule has 146 valence electrons. The Labute approximate surface area is 163 Å². The molecule has 1 aliphatic rings. The van der Waals surface area contributed by atoms with Crippen LogP contribution in [-0.2, 0) is 4.74 Å². The minimum atomic E-state index is -0.103. The van der Waals surface area contributed by atoms with Crippen molar-refractivity contribution < 1.29 is 9.53 Å². The first-order chi connectivity index (χ1) is 13.8. The minimum Gasteiger partial charge on any atom is -0.379 e. The average Bonchev–Trinajstić information content (AvgIpc) is 3.14. The van der Waals surface area contributed by atoms with E-state index in [0.29, 0.717) is 23.7 Å². The fourth-order valence-corrected chi connectivity index (χ4v) is 3.22. The van der Waals surface area contributed by atoms with Crippen molar-refractivity contribution in [3.05, 3.63) is 54.2 Å². The quantitative estimate of drug-likeness (QED) is 0.610. The number of rotatable bonds is 7. The molecule has 1 amide bonds. The molecule has 0 saturated carbocycles. The number of amides is 1. The largest absolute Gasteiger partial charge is 0.379 e. The molecule has 0 aliphatic carbocycles. The van der Waals surface area contributed by atoms with E-state index in [1.54, 1.807) is 10.6 Å². The van der Waals surface area contributed by atoms with Crippen molar-refractivity contribution in [2.75, 3.05) is 44.7 Å². The number of benzene rings is 1. The molecule has 2 N–H and O–H groups in total. The van der Waals surface area contributed by atoms with Crippen molar-refractivity contribution in [3.8, 4) is 0 Å². The number of hydrogen-bond donors (Lipinski definition) is 2. The number of nitrogens with one attached hydrogen (secondary N) is 2. The second kappa shape index (κ2) is 8.81. The smallest absolute Gasteiger partial charge is 0.253 e. The van der Waals surface area contributed by atoms with Gasteiger partial charge in [0.15, 0.2) is 5.65 Å². The summed E-state index contributed by atoms with van der Waals surface area (Å²) < 4.78 is 7.04. The molecule has 0 radical (unpaired) electrons. The molecule has 28 heavy (non-hydrogen) atoms. The summed E-state index contributed by atoms with van der Waals surface area (Å²) in [5.74, 6) is 0.354. The highest BCUT2D eigenvalue weighted by molar-refractivity contribution is 6.00. The Morgan fingerprint density at radius 1 is 1.11 bits per heavy atom. The third kappa shape index (κ3) is 4.47. The standard InChI is InChI=1S/C20H24N6O2/c27-19(21-9-5-10-25-12-14-28-15-13-25)16-6-1-2-7-17(16)22-20-23-18-8-3-4-11-26(18)24-20/h1-4,6-8,11H,5,9-10,12-15H2,(H,21,27)(H,22,24). The lowest BCUT2D eigenvalue weighted by atomic mass is 10.1. The molecule has 8 heteroatoms. The van der Waals surface area contributed by atoms with E-state index >= 15 is 0 Å². The van der Waals surface area contributed by atoms with Crippen LogP contribution in [0.15, 0.2) is 48.7 Å². The van der Waals surface area contributed by atoms with Crippen molar-refractivity contribution in [1.82, 2.24) is 24.8 Å². The molecule has 8 nitrogen and oxygen atoms in total. The van der Waals surface area contributed by atoms with Crippen LogP contribution < -0.4 is 10.6 Å². The molecular formula is C20H24N6O2. The molecule has 1 aliphatic heterocycles. The molecule has 0 spiro atoms. The maximum Gasteiger partial charge on any atom is 0.253 e. The monoisotopic (exact) mass is 380 g/mol. The average molecular weight is 380 g/mol. The first-order valence-corrected chi connectivity index (χ1v) is 9.55. The highest BCUT2D eigenvalue weighted by atomic mass is 16.5. The molecule has 1 saturated heterocycles. The van der Waals surface area contributed by atoms with Crippen molar-refractivity contribution in [3.63, 3.8) is 0 Å². The predicted molar refractivity (Wildman–Crippen MR) is 107 cm³/mol. The van der Waals surface area contributed by atoms with Crippen LogP contribution in [0.25, 0.3) is 5.65 Å². The minimum absolute atomic E-state index is 0.103. The Hall–Kier alpha value is -2.97. The third-order valence-corrected chi connectivity index (χ3v) is 4.70. The van der Waals surface area contributed by atoms with Gasteiger partial charge in [0, 0.05) is 25.8 Å². The Balaban J connectivity index is 1.35. The summed E-state index contributed by atoms with van der Waals surface area (Å²) in [6.45, 7) is 5.12. The summed E-state index contributed by atoms with van der Waals surface area (Å²) in [4.78, 5) is 19.4. The fraction of sp³-hybridized carbons (Fsp3) is 0.350. The number of fused-ring (bicyclic) bond motifs is 1. The summed E-state index contributed by atoms with van der Waals surface area (Å²) in [6, 6.07) is 13.1. The van der Waals surface area contributed by atoms with Crippen LogP contribution in [0.3, 0.4) is 0 Å². The van der Waals surface area contributed by atoms with Gasteiger partial charge < -0.3 is 15.4 Å². The highest BCUT2D eigenvalue weighted by Crippen LogP contribution is 2.19. The van der Waals surface area contributed by atoms with Crippen molar-refractivity contribution >= 4 is 23.2 Å². The van der Waals surface area contributed by atoms with Gasteiger partial charge in [-0.2, -0.15) is 4.98 Å². The van der Waals surface area contributed by atoms with Crippen LogP contribution in [-0.4, -0.2) is 64.8 Å². The maximum absolute atomic E-state index is 12.6. The number of aromatic nitrogens is 3. The number of ether oxygens (including phenoxy) is 1. The van der Waals surface area contributed by atoms with Gasteiger partial charge in [-0.25, -0.2) is 4.52 Å². The topological polar surface area (TPSA) is 83.8 Å². The lowest BCUT2D eigenvalue weighted by Gasteiger charge is -2.26. The van der Waals surface area contributed by atoms with Gasteiger partial charge in [-0.1, -0.05) is 18.2 Å². The van der Waals surface area contributed by atoms with E-state index in [9.17, 15) is 4.79 Å².